The first-order valence-electron chi connectivity index (χ1n) is 6.63. The normalized spacial score (nSPS) is 12.8. The molecule has 102 valence electrons. The molecule has 20 heavy (non-hydrogen) atoms. The van der Waals surface area contributed by atoms with Crippen LogP contribution in [0.4, 0.5) is 0 Å². The van der Waals surface area contributed by atoms with Crippen LogP contribution < -0.4 is 5.73 Å². The molecule has 0 spiro atoms. The molecule has 0 radical (unpaired) electrons. The molecule has 3 nitrogen and oxygen atoms in total. The van der Waals surface area contributed by atoms with Gasteiger partial charge in [0.2, 0.25) is 0 Å². The molecule has 1 unspecified atom stereocenters. The van der Waals surface area contributed by atoms with Crippen molar-refractivity contribution in [2.45, 2.75) is 19.4 Å². The van der Waals surface area contributed by atoms with Crippen LogP contribution in [-0.2, 0) is 6.42 Å². The van der Waals surface area contributed by atoms with Crippen LogP contribution in [0.25, 0.3) is 16.6 Å². The molecule has 1 aromatic heterocycles. The fraction of sp³-hybridized carbons (Fsp3) is 0.188. The molecule has 3 rings (SSSR count). The SMILES string of the molecule is CC(N)Cc1c(Cl)cccc1-n1ncc2ccccc21. The number of nitrogens with two attached hydrogens (primary N) is 1. The van der Waals surface area contributed by atoms with Gasteiger partial charge in [-0.1, -0.05) is 35.9 Å². The predicted octanol–water partition coefficient (Wildman–Crippen LogP) is 3.57. The maximum absolute atomic E-state index is 6.34. The number of hydrogen-bond donors (Lipinski definition) is 1. The van der Waals surface area contributed by atoms with Gasteiger partial charge in [0.15, 0.2) is 0 Å². The molecule has 4 heteroatoms. The zero-order chi connectivity index (χ0) is 14.1. The number of hydrogen-bond acceptors (Lipinski definition) is 2. The van der Waals surface area contributed by atoms with Crippen LogP contribution in [0.3, 0.4) is 0 Å². The lowest BCUT2D eigenvalue weighted by molar-refractivity contribution is 0.730. The largest absolute Gasteiger partial charge is 0.328 e. The maximum Gasteiger partial charge on any atom is 0.0741 e. The Kier molecular flexibility index (Phi) is 3.47. The molecule has 0 aliphatic carbocycles. The second-order valence-corrected chi connectivity index (χ2v) is 5.44. The van der Waals surface area contributed by atoms with Crippen LogP contribution in [0.1, 0.15) is 12.5 Å². The van der Waals surface area contributed by atoms with Crippen LogP contribution in [0.5, 0.6) is 0 Å². The van der Waals surface area contributed by atoms with Crippen molar-refractivity contribution in [1.82, 2.24) is 9.78 Å². The fourth-order valence-electron chi connectivity index (χ4n) is 2.43. The summed E-state index contributed by atoms with van der Waals surface area (Å²) in [6.07, 6.45) is 2.59. The van der Waals surface area contributed by atoms with Crippen molar-refractivity contribution in [3.05, 3.63) is 59.2 Å². The molecular weight excluding hydrogens is 270 g/mol. The number of halogens is 1. The summed E-state index contributed by atoms with van der Waals surface area (Å²) in [5, 5.41) is 6.34. The molecule has 0 aliphatic heterocycles. The third kappa shape index (κ3) is 2.30. The monoisotopic (exact) mass is 285 g/mol. The van der Waals surface area contributed by atoms with Gasteiger partial charge in [0.25, 0.3) is 0 Å². The summed E-state index contributed by atoms with van der Waals surface area (Å²) in [5.41, 5.74) is 9.05. The molecule has 0 saturated carbocycles. The minimum atomic E-state index is 0.0514. The Labute approximate surface area is 123 Å². The number of fused-ring (bicyclic) bond motifs is 1. The average Bonchev–Trinajstić information content (AvgIpc) is 2.84. The van der Waals surface area contributed by atoms with Crippen molar-refractivity contribution in [1.29, 1.82) is 0 Å². The molecule has 0 aliphatic rings. The van der Waals surface area contributed by atoms with E-state index in [1.165, 1.54) is 0 Å². The van der Waals surface area contributed by atoms with Crippen molar-refractivity contribution in [2.75, 3.05) is 0 Å². The first kappa shape index (κ1) is 13.2. The van der Waals surface area contributed by atoms with Crippen LogP contribution in [0.15, 0.2) is 48.7 Å². The van der Waals surface area contributed by atoms with Crippen molar-refractivity contribution in [2.24, 2.45) is 5.73 Å². The van der Waals surface area contributed by atoms with Gasteiger partial charge >= 0.3 is 0 Å². The van der Waals surface area contributed by atoms with E-state index in [0.29, 0.717) is 0 Å². The quantitative estimate of drug-likeness (QED) is 0.799. The molecule has 1 atom stereocenters. The highest BCUT2D eigenvalue weighted by molar-refractivity contribution is 6.31. The fourth-order valence-corrected chi connectivity index (χ4v) is 2.68. The van der Waals surface area contributed by atoms with Gasteiger partial charge in [0.1, 0.15) is 0 Å². The molecule has 2 aromatic carbocycles. The zero-order valence-electron chi connectivity index (χ0n) is 11.3. The molecular formula is C16H16ClN3. The third-order valence-electron chi connectivity index (χ3n) is 3.33. The predicted molar refractivity (Wildman–Crippen MR) is 83.4 cm³/mol. The Hall–Kier alpha value is -1.84. The van der Waals surface area contributed by atoms with Gasteiger partial charge < -0.3 is 5.73 Å². The molecule has 2 N–H and O–H groups in total. The topological polar surface area (TPSA) is 43.8 Å². The van der Waals surface area contributed by atoms with Gasteiger partial charge in [0.05, 0.1) is 17.4 Å². The Bertz CT molecular complexity index is 746. The van der Waals surface area contributed by atoms with Gasteiger partial charge in [-0.2, -0.15) is 5.10 Å². The summed E-state index contributed by atoms with van der Waals surface area (Å²) >= 11 is 6.34. The lowest BCUT2D eigenvalue weighted by Crippen LogP contribution is -2.19. The molecule has 1 heterocycles. The molecule has 0 saturated heterocycles. The van der Waals surface area contributed by atoms with Crippen molar-refractivity contribution in [3.63, 3.8) is 0 Å². The Morgan fingerprint density at radius 1 is 1.20 bits per heavy atom. The summed E-state index contributed by atoms with van der Waals surface area (Å²) in [6, 6.07) is 14.0. The van der Waals surface area contributed by atoms with Gasteiger partial charge in [-0.05, 0) is 37.1 Å². The summed E-state index contributed by atoms with van der Waals surface area (Å²) in [4.78, 5) is 0. The summed E-state index contributed by atoms with van der Waals surface area (Å²) < 4.78 is 1.93. The molecule has 0 fully saturated rings. The first-order valence-corrected chi connectivity index (χ1v) is 7.00. The van der Waals surface area contributed by atoms with Crippen LogP contribution in [-0.4, -0.2) is 15.8 Å². The second-order valence-electron chi connectivity index (χ2n) is 5.03. The number of para-hydroxylation sites is 1. The average molecular weight is 286 g/mol. The maximum atomic E-state index is 6.34. The minimum Gasteiger partial charge on any atom is -0.328 e. The summed E-state index contributed by atoms with van der Waals surface area (Å²) in [7, 11) is 0. The highest BCUT2D eigenvalue weighted by atomic mass is 35.5. The van der Waals surface area contributed by atoms with E-state index in [1.54, 1.807) is 0 Å². The summed E-state index contributed by atoms with van der Waals surface area (Å²) in [5.74, 6) is 0. The molecule has 0 bridgehead atoms. The van der Waals surface area contributed by atoms with Crippen LogP contribution >= 0.6 is 11.6 Å². The highest BCUT2D eigenvalue weighted by Crippen LogP contribution is 2.27. The van der Waals surface area contributed by atoms with E-state index in [0.717, 1.165) is 33.6 Å². The highest BCUT2D eigenvalue weighted by Gasteiger charge is 2.13. The van der Waals surface area contributed by atoms with Gasteiger partial charge in [-0.3, -0.25) is 0 Å². The number of benzene rings is 2. The van der Waals surface area contributed by atoms with Gasteiger partial charge in [-0.25, -0.2) is 4.68 Å². The lowest BCUT2D eigenvalue weighted by atomic mass is 10.1. The standard InChI is InChI=1S/C16H16ClN3/c1-11(18)9-13-14(17)6-4-8-16(13)20-15-7-3-2-5-12(15)10-19-20/h2-8,10-11H,9,18H2,1H3. The van der Waals surface area contributed by atoms with Crippen molar-refractivity contribution in [3.8, 4) is 5.69 Å². The van der Waals surface area contributed by atoms with Crippen LogP contribution in [0.2, 0.25) is 5.02 Å². The van der Waals surface area contributed by atoms with Crippen LogP contribution in [0, 0.1) is 0 Å². The van der Waals surface area contributed by atoms with E-state index in [2.05, 4.69) is 17.2 Å². The Morgan fingerprint density at radius 2 is 2.00 bits per heavy atom. The number of aromatic nitrogens is 2. The number of nitrogens with zero attached hydrogens (tertiary/aromatic N) is 2. The van der Waals surface area contributed by atoms with E-state index in [9.17, 15) is 0 Å². The summed E-state index contributed by atoms with van der Waals surface area (Å²) in [6.45, 7) is 1.98. The van der Waals surface area contributed by atoms with Gasteiger partial charge in [0, 0.05) is 16.5 Å². The second kappa shape index (κ2) is 5.27. The first-order chi connectivity index (χ1) is 9.66. The van der Waals surface area contributed by atoms with E-state index in [4.69, 9.17) is 17.3 Å². The third-order valence-corrected chi connectivity index (χ3v) is 3.68. The minimum absolute atomic E-state index is 0.0514. The lowest BCUT2D eigenvalue weighted by Gasteiger charge is -2.14. The van der Waals surface area contributed by atoms with E-state index in [-0.39, 0.29) is 6.04 Å². The van der Waals surface area contributed by atoms with Crippen molar-refractivity contribution < 1.29 is 0 Å². The molecule has 0 amide bonds. The zero-order valence-corrected chi connectivity index (χ0v) is 12.0. The Balaban J connectivity index is 2.21. The van der Waals surface area contributed by atoms with Gasteiger partial charge in [-0.15, -0.1) is 0 Å². The van der Waals surface area contributed by atoms with E-state index < -0.39 is 0 Å². The molecule has 3 aromatic rings. The Morgan fingerprint density at radius 3 is 2.80 bits per heavy atom. The van der Waals surface area contributed by atoms with Crippen molar-refractivity contribution >= 4 is 22.5 Å². The van der Waals surface area contributed by atoms with E-state index >= 15 is 0 Å². The smallest absolute Gasteiger partial charge is 0.0741 e. The van der Waals surface area contributed by atoms with E-state index in [1.807, 2.05) is 48.1 Å². The number of rotatable bonds is 3.